The van der Waals surface area contributed by atoms with Crippen LogP contribution in [0.5, 0.6) is 0 Å². The number of carboxylic acid groups (broad SMARTS) is 1. The van der Waals surface area contributed by atoms with Crippen LogP contribution in [0.4, 0.5) is 0 Å². The molecule has 0 atom stereocenters. The molecule has 0 unspecified atom stereocenters. The minimum atomic E-state index is -0.863. The van der Waals surface area contributed by atoms with Crippen molar-refractivity contribution in [1.29, 1.82) is 0 Å². The summed E-state index contributed by atoms with van der Waals surface area (Å²) < 4.78 is 0. The number of amides is 1. The summed E-state index contributed by atoms with van der Waals surface area (Å²) >= 11 is 1.52. The number of aromatic nitrogens is 1. The Morgan fingerprint density at radius 2 is 2.28 bits per heavy atom. The van der Waals surface area contributed by atoms with Crippen LogP contribution in [-0.4, -0.2) is 39.5 Å². The summed E-state index contributed by atoms with van der Waals surface area (Å²) in [5.74, 6) is -0.873. The van der Waals surface area contributed by atoms with Gasteiger partial charge in [0.05, 0.1) is 23.5 Å². The SMILES string of the molecule is Cc1nc(CC(=O)N(CCC(=O)O)C2CC2)cs1. The zero-order valence-corrected chi connectivity index (χ0v) is 11.1. The molecule has 18 heavy (non-hydrogen) atoms. The Balaban J connectivity index is 1.93. The molecule has 1 amide bonds. The lowest BCUT2D eigenvalue weighted by Crippen LogP contribution is -2.36. The van der Waals surface area contributed by atoms with E-state index in [1.54, 1.807) is 4.90 Å². The Kier molecular flexibility index (Phi) is 3.96. The monoisotopic (exact) mass is 268 g/mol. The van der Waals surface area contributed by atoms with Gasteiger partial charge in [-0.25, -0.2) is 4.98 Å². The molecule has 0 bridgehead atoms. The zero-order valence-electron chi connectivity index (χ0n) is 10.3. The smallest absolute Gasteiger partial charge is 0.305 e. The van der Waals surface area contributed by atoms with Crippen LogP contribution < -0.4 is 0 Å². The van der Waals surface area contributed by atoms with E-state index in [1.807, 2.05) is 12.3 Å². The summed E-state index contributed by atoms with van der Waals surface area (Å²) in [6.07, 6.45) is 2.27. The van der Waals surface area contributed by atoms with E-state index >= 15 is 0 Å². The Bertz CT molecular complexity index is 454. The lowest BCUT2D eigenvalue weighted by Gasteiger charge is -2.21. The van der Waals surface area contributed by atoms with E-state index < -0.39 is 5.97 Å². The fourth-order valence-electron chi connectivity index (χ4n) is 1.86. The normalized spacial score (nSPS) is 14.5. The minimum Gasteiger partial charge on any atom is -0.481 e. The highest BCUT2D eigenvalue weighted by molar-refractivity contribution is 7.09. The number of nitrogens with zero attached hydrogens (tertiary/aromatic N) is 2. The summed E-state index contributed by atoms with van der Waals surface area (Å²) in [4.78, 5) is 28.7. The van der Waals surface area contributed by atoms with Gasteiger partial charge in [0.2, 0.25) is 5.91 Å². The lowest BCUT2D eigenvalue weighted by atomic mass is 10.2. The second kappa shape index (κ2) is 5.48. The largest absolute Gasteiger partial charge is 0.481 e. The number of aliphatic carboxylic acids is 1. The van der Waals surface area contributed by atoms with Crippen LogP contribution in [-0.2, 0) is 16.0 Å². The van der Waals surface area contributed by atoms with E-state index in [9.17, 15) is 9.59 Å². The number of thiazole rings is 1. The predicted molar refractivity (Wildman–Crippen MR) is 67.5 cm³/mol. The number of aryl methyl sites for hydroxylation is 1. The van der Waals surface area contributed by atoms with E-state index in [-0.39, 0.29) is 24.8 Å². The molecule has 1 aliphatic rings. The molecule has 6 heteroatoms. The predicted octanol–water partition coefficient (Wildman–Crippen LogP) is 1.46. The third-order valence-corrected chi connectivity index (χ3v) is 3.70. The molecule has 1 aliphatic carbocycles. The van der Waals surface area contributed by atoms with E-state index in [4.69, 9.17) is 5.11 Å². The molecule has 1 aromatic heterocycles. The molecule has 1 saturated carbocycles. The molecule has 0 saturated heterocycles. The molecule has 1 heterocycles. The maximum atomic E-state index is 12.1. The summed E-state index contributed by atoms with van der Waals surface area (Å²) in [6.45, 7) is 2.21. The fourth-order valence-corrected chi connectivity index (χ4v) is 2.47. The first kappa shape index (κ1) is 13.0. The maximum Gasteiger partial charge on any atom is 0.305 e. The first-order valence-corrected chi connectivity index (χ1v) is 6.86. The topological polar surface area (TPSA) is 70.5 Å². The highest BCUT2D eigenvalue weighted by atomic mass is 32.1. The van der Waals surface area contributed by atoms with Gasteiger partial charge in [-0.1, -0.05) is 0 Å². The van der Waals surface area contributed by atoms with Gasteiger partial charge in [-0.05, 0) is 19.8 Å². The summed E-state index contributed by atoms with van der Waals surface area (Å²) in [5, 5.41) is 11.5. The number of carboxylic acids is 1. The Morgan fingerprint density at radius 1 is 1.56 bits per heavy atom. The van der Waals surface area contributed by atoms with Crippen LogP contribution in [0.3, 0.4) is 0 Å². The van der Waals surface area contributed by atoms with E-state index in [1.165, 1.54) is 11.3 Å². The second-order valence-electron chi connectivity index (χ2n) is 4.50. The van der Waals surface area contributed by atoms with Gasteiger partial charge < -0.3 is 10.0 Å². The van der Waals surface area contributed by atoms with Gasteiger partial charge >= 0.3 is 5.97 Å². The van der Waals surface area contributed by atoms with Crippen molar-refractivity contribution in [2.45, 2.75) is 38.6 Å². The standard InChI is InChI=1S/C12H16N2O3S/c1-8-13-9(7-18-8)6-11(15)14(10-2-3-10)5-4-12(16)17/h7,10H,2-6H2,1H3,(H,16,17). The van der Waals surface area contributed by atoms with Crippen molar-refractivity contribution >= 4 is 23.2 Å². The van der Waals surface area contributed by atoms with Crippen LogP contribution in [0.2, 0.25) is 0 Å². The summed E-state index contributed by atoms with van der Waals surface area (Å²) in [7, 11) is 0. The summed E-state index contributed by atoms with van der Waals surface area (Å²) in [6, 6.07) is 0.247. The molecule has 0 spiro atoms. The molecule has 0 aliphatic heterocycles. The average Bonchev–Trinajstić information content (AvgIpc) is 3.03. The van der Waals surface area contributed by atoms with E-state index in [0.717, 1.165) is 23.5 Å². The third kappa shape index (κ3) is 3.53. The summed E-state index contributed by atoms with van der Waals surface area (Å²) in [5.41, 5.74) is 0.781. The number of rotatable bonds is 6. The number of hydrogen-bond donors (Lipinski definition) is 1. The van der Waals surface area contributed by atoms with Crippen molar-refractivity contribution in [3.63, 3.8) is 0 Å². The van der Waals surface area contributed by atoms with Crippen molar-refractivity contribution in [3.8, 4) is 0 Å². The van der Waals surface area contributed by atoms with Gasteiger partial charge in [-0.3, -0.25) is 9.59 Å². The number of carbonyl (C=O) groups is 2. The van der Waals surface area contributed by atoms with E-state index in [2.05, 4.69) is 4.98 Å². The zero-order chi connectivity index (χ0) is 13.1. The average molecular weight is 268 g/mol. The molecule has 2 rings (SSSR count). The third-order valence-electron chi connectivity index (χ3n) is 2.87. The van der Waals surface area contributed by atoms with Gasteiger partial charge in [0.15, 0.2) is 0 Å². The highest BCUT2D eigenvalue weighted by Crippen LogP contribution is 2.27. The molecule has 1 fully saturated rings. The Morgan fingerprint density at radius 3 is 2.78 bits per heavy atom. The van der Waals surface area contributed by atoms with E-state index in [0.29, 0.717) is 6.54 Å². The Hall–Kier alpha value is -1.43. The molecule has 98 valence electrons. The molecular weight excluding hydrogens is 252 g/mol. The van der Waals surface area contributed by atoms with Gasteiger partial charge in [-0.2, -0.15) is 0 Å². The van der Waals surface area contributed by atoms with Crippen molar-refractivity contribution < 1.29 is 14.7 Å². The molecule has 1 aromatic rings. The molecule has 0 radical (unpaired) electrons. The van der Waals surface area contributed by atoms with Crippen LogP contribution >= 0.6 is 11.3 Å². The maximum absolute atomic E-state index is 12.1. The minimum absolute atomic E-state index is 0.0101. The fraction of sp³-hybridized carbons (Fsp3) is 0.583. The number of hydrogen-bond acceptors (Lipinski definition) is 4. The molecule has 1 N–H and O–H groups in total. The number of carbonyl (C=O) groups excluding carboxylic acids is 1. The van der Waals surface area contributed by atoms with Gasteiger partial charge in [0.1, 0.15) is 0 Å². The van der Waals surface area contributed by atoms with Gasteiger partial charge in [0, 0.05) is 18.0 Å². The van der Waals surface area contributed by atoms with Crippen LogP contribution in [0.25, 0.3) is 0 Å². The van der Waals surface area contributed by atoms with Gasteiger partial charge in [-0.15, -0.1) is 11.3 Å². The lowest BCUT2D eigenvalue weighted by molar-refractivity contribution is -0.138. The second-order valence-corrected chi connectivity index (χ2v) is 5.56. The Labute approximate surface area is 109 Å². The van der Waals surface area contributed by atoms with Crippen molar-refractivity contribution in [2.24, 2.45) is 0 Å². The first-order valence-electron chi connectivity index (χ1n) is 5.98. The molecular formula is C12H16N2O3S. The quantitative estimate of drug-likeness (QED) is 0.848. The van der Waals surface area contributed by atoms with Crippen LogP contribution in [0.1, 0.15) is 30.0 Å². The van der Waals surface area contributed by atoms with Crippen molar-refractivity contribution in [3.05, 3.63) is 16.1 Å². The first-order chi connectivity index (χ1) is 8.56. The molecule has 5 nitrogen and oxygen atoms in total. The highest BCUT2D eigenvalue weighted by Gasteiger charge is 2.32. The van der Waals surface area contributed by atoms with Crippen LogP contribution in [0, 0.1) is 6.92 Å². The van der Waals surface area contributed by atoms with Crippen molar-refractivity contribution in [2.75, 3.05) is 6.54 Å². The van der Waals surface area contributed by atoms with Crippen LogP contribution in [0.15, 0.2) is 5.38 Å². The molecule has 0 aromatic carbocycles. The van der Waals surface area contributed by atoms with Gasteiger partial charge in [0.25, 0.3) is 0 Å². The van der Waals surface area contributed by atoms with Crippen molar-refractivity contribution in [1.82, 2.24) is 9.88 Å².